The maximum atomic E-state index is 12.7. The molecule has 5 nitrogen and oxygen atoms in total. The molecule has 1 aliphatic rings. The Hall–Kier alpha value is -2.66. The first-order valence-electron chi connectivity index (χ1n) is 9.08. The number of carbonyl (C=O) groups is 1. The molecule has 1 aromatic carbocycles. The molecule has 0 radical (unpaired) electrons. The number of nitrogens with two attached hydrogens (primary N) is 1. The fraction of sp³-hybridized carbons (Fsp3) is 0.286. The van der Waals surface area contributed by atoms with Gasteiger partial charge in [-0.2, -0.15) is 0 Å². The van der Waals surface area contributed by atoms with Gasteiger partial charge in [-0.3, -0.25) is 14.6 Å². The highest BCUT2D eigenvalue weighted by Gasteiger charge is 2.21. The van der Waals surface area contributed by atoms with E-state index in [0.29, 0.717) is 17.1 Å². The molecule has 0 saturated heterocycles. The summed E-state index contributed by atoms with van der Waals surface area (Å²) in [7, 11) is 0. The van der Waals surface area contributed by atoms with Crippen LogP contribution in [0.25, 0.3) is 22.2 Å². The number of aromatic nitrogens is 2. The van der Waals surface area contributed by atoms with Crippen LogP contribution in [0.2, 0.25) is 5.02 Å². The van der Waals surface area contributed by atoms with Crippen molar-refractivity contribution < 1.29 is 4.79 Å². The van der Waals surface area contributed by atoms with Crippen LogP contribution in [0.15, 0.2) is 35.3 Å². The smallest absolute Gasteiger partial charge is 0.268 e. The van der Waals surface area contributed by atoms with Gasteiger partial charge in [-0.25, -0.2) is 0 Å². The lowest BCUT2D eigenvalue weighted by Gasteiger charge is -2.16. The molecule has 0 bridgehead atoms. The number of fused-ring (bicyclic) bond motifs is 1. The minimum absolute atomic E-state index is 0.0216. The van der Waals surface area contributed by atoms with Crippen molar-refractivity contribution in [3.63, 3.8) is 0 Å². The molecule has 1 fully saturated rings. The zero-order valence-electron chi connectivity index (χ0n) is 15.0. The third-order valence-corrected chi connectivity index (χ3v) is 5.73. The lowest BCUT2D eigenvalue weighted by atomic mass is 9.93. The van der Waals surface area contributed by atoms with E-state index in [4.69, 9.17) is 17.3 Å². The monoisotopic (exact) mass is 381 g/mol. The quantitative estimate of drug-likeness (QED) is 0.708. The standard InChI is InChI=1S/C21H20ClN3O2/c1-11-8-14(12-4-2-3-5-12)15(22)9-13(11)17-10-18(26)19-16(25-17)6-7-24-20(19)21(23)27/h6-10,12H,2-5H2,1H3,(H2,23,27)(H,25,26). The van der Waals surface area contributed by atoms with Gasteiger partial charge in [-0.05, 0) is 48.9 Å². The largest absolute Gasteiger partial charge is 0.364 e. The topological polar surface area (TPSA) is 88.8 Å². The van der Waals surface area contributed by atoms with Gasteiger partial charge in [0.05, 0.1) is 16.6 Å². The molecule has 1 saturated carbocycles. The number of amides is 1. The molecule has 4 rings (SSSR count). The summed E-state index contributed by atoms with van der Waals surface area (Å²) in [5.74, 6) is -0.205. The molecule has 6 heteroatoms. The van der Waals surface area contributed by atoms with Gasteiger partial charge < -0.3 is 10.7 Å². The maximum absolute atomic E-state index is 12.7. The Morgan fingerprint density at radius 2 is 2.00 bits per heavy atom. The van der Waals surface area contributed by atoms with E-state index in [2.05, 4.69) is 16.0 Å². The molecule has 138 valence electrons. The van der Waals surface area contributed by atoms with Crippen LogP contribution in [0.3, 0.4) is 0 Å². The van der Waals surface area contributed by atoms with Crippen molar-refractivity contribution in [1.29, 1.82) is 0 Å². The third kappa shape index (κ3) is 3.12. The van der Waals surface area contributed by atoms with E-state index in [1.54, 1.807) is 6.07 Å². The number of pyridine rings is 2. The van der Waals surface area contributed by atoms with Crippen LogP contribution >= 0.6 is 11.6 Å². The Bertz CT molecular complexity index is 1110. The van der Waals surface area contributed by atoms with Gasteiger partial charge in [-0.1, -0.05) is 30.5 Å². The summed E-state index contributed by atoms with van der Waals surface area (Å²) in [5.41, 5.74) is 9.34. The molecular weight excluding hydrogens is 362 g/mol. The van der Waals surface area contributed by atoms with E-state index in [0.717, 1.165) is 16.1 Å². The zero-order chi connectivity index (χ0) is 19.1. The van der Waals surface area contributed by atoms with Gasteiger partial charge >= 0.3 is 0 Å². The van der Waals surface area contributed by atoms with Crippen LogP contribution in [0.5, 0.6) is 0 Å². The molecule has 3 N–H and O–H groups in total. The van der Waals surface area contributed by atoms with Crippen molar-refractivity contribution in [2.45, 2.75) is 38.5 Å². The number of benzene rings is 1. The lowest BCUT2D eigenvalue weighted by molar-refractivity contribution is 0.0997. The number of H-pyrrole nitrogens is 1. The summed E-state index contributed by atoms with van der Waals surface area (Å²) < 4.78 is 0. The average molecular weight is 382 g/mol. The van der Waals surface area contributed by atoms with E-state index in [-0.39, 0.29) is 16.5 Å². The minimum atomic E-state index is -0.723. The number of primary amides is 1. The van der Waals surface area contributed by atoms with Gasteiger partial charge in [0.15, 0.2) is 5.43 Å². The van der Waals surface area contributed by atoms with Crippen LogP contribution in [0.1, 0.15) is 53.2 Å². The summed E-state index contributed by atoms with van der Waals surface area (Å²) in [5, 5.41) is 0.941. The maximum Gasteiger partial charge on any atom is 0.268 e. The molecule has 2 aromatic heterocycles. The van der Waals surface area contributed by atoms with Crippen molar-refractivity contribution in [2.75, 3.05) is 0 Å². The molecule has 0 unspecified atom stereocenters. The molecule has 0 aliphatic heterocycles. The van der Waals surface area contributed by atoms with Gasteiger partial charge in [0.25, 0.3) is 5.91 Å². The van der Waals surface area contributed by atoms with Crippen molar-refractivity contribution in [3.8, 4) is 11.3 Å². The minimum Gasteiger partial charge on any atom is -0.364 e. The molecule has 27 heavy (non-hydrogen) atoms. The first-order valence-corrected chi connectivity index (χ1v) is 9.45. The predicted molar refractivity (Wildman–Crippen MR) is 107 cm³/mol. The number of rotatable bonds is 3. The number of hydrogen-bond donors (Lipinski definition) is 2. The van der Waals surface area contributed by atoms with Crippen molar-refractivity contribution in [1.82, 2.24) is 9.97 Å². The van der Waals surface area contributed by atoms with Gasteiger partial charge in [0.2, 0.25) is 0 Å². The molecule has 3 aromatic rings. The molecule has 0 spiro atoms. The first kappa shape index (κ1) is 17.7. The average Bonchev–Trinajstić information content (AvgIpc) is 3.17. The van der Waals surface area contributed by atoms with Crippen LogP contribution in [-0.2, 0) is 0 Å². The number of aryl methyl sites for hydroxylation is 1. The molecule has 1 amide bonds. The van der Waals surface area contributed by atoms with E-state index < -0.39 is 5.91 Å². The zero-order valence-corrected chi connectivity index (χ0v) is 15.8. The highest BCUT2D eigenvalue weighted by atomic mass is 35.5. The number of hydrogen-bond acceptors (Lipinski definition) is 3. The lowest BCUT2D eigenvalue weighted by Crippen LogP contribution is -2.17. The second kappa shape index (κ2) is 6.82. The van der Waals surface area contributed by atoms with Crippen LogP contribution < -0.4 is 11.2 Å². The second-order valence-electron chi connectivity index (χ2n) is 7.16. The fourth-order valence-electron chi connectivity index (χ4n) is 4.08. The van der Waals surface area contributed by atoms with Gasteiger partial charge in [0, 0.05) is 22.8 Å². The summed E-state index contributed by atoms with van der Waals surface area (Å²) >= 11 is 6.59. The van der Waals surface area contributed by atoms with Crippen molar-refractivity contribution in [3.05, 3.63) is 62.5 Å². The summed E-state index contributed by atoms with van der Waals surface area (Å²) in [6.45, 7) is 2.02. The third-order valence-electron chi connectivity index (χ3n) is 5.40. The Balaban J connectivity index is 1.86. The second-order valence-corrected chi connectivity index (χ2v) is 7.57. The first-order chi connectivity index (χ1) is 13.0. The Kier molecular flexibility index (Phi) is 4.48. The SMILES string of the molecule is Cc1cc(C2CCCC2)c(Cl)cc1-c1cc(=O)c2c(C(N)=O)nccc2[nH]1. The Morgan fingerprint density at radius 1 is 1.26 bits per heavy atom. The number of halogens is 1. The van der Waals surface area contributed by atoms with E-state index in [1.165, 1.54) is 43.5 Å². The van der Waals surface area contributed by atoms with Crippen molar-refractivity contribution >= 4 is 28.4 Å². The van der Waals surface area contributed by atoms with Crippen LogP contribution in [0.4, 0.5) is 0 Å². The highest BCUT2D eigenvalue weighted by Crippen LogP contribution is 2.40. The number of nitrogens with one attached hydrogen (secondary N) is 1. The van der Waals surface area contributed by atoms with E-state index in [1.807, 2.05) is 13.0 Å². The summed E-state index contributed by atoms with van der Waals surface area (Å²) in [6.07, 6.45) is 6.31. The highest BCUT2D eigenvalue weighted by molar-refractivity contribution is 6.31. The molecule has 2 heterocycles. The Morgan fingerprint density at radius 3 is 2.70 bits per heavy atom. The number of aromatic amines is 1. The van der Waals surface area contributed by atoms with Crippen LogP contribution in [0, 0.1) is 6.92 Å². The fourth-order valence-corrected chi connectivity index (χ4v) is 4.39. The van der Waals surface area contributed by atoms with Gasteiger partial charge in [0.1, 0.15) is 5.69 Å². The van der Waals surface area contributed by atoms with Crippen molar-refractivity contribution in [2.24, 2.45) is 5.73 Å². The van der Waals surface area contributed by atoms with Crippen LogP contribution in [-0.4, -0.2) is 15.9 Å². The molecular formula is C21H20ClN3O2. The summed E-state index contributed by atoms with van der Waals surface area (Å²) in [6, 6.07) is 7.20. The molecule has 0 atom stereocenters. The number of carbonyl (C=O) groups excluding carboxylic acids is 1. The predicted octanol–water partition coefficient (Wildman–Crippen LogP) is 4.31. The number of nitrogens with zero attached hydrogens (tertiary/aromatic N) is 1. The van der Waals surface area contributed by atoms with E-state index >= 15 is 0 Å². The summed E-state index contributed by atoms with van der Waals surface area (Å²) in [4.78, 5) is 31.4. The normalized spacial score (nSPS) is 14.7. The molecule has 1 aliphatic carbocycles. The van der Waals surface area contributed by atoms with Gasteiger partial charge in [-0.15, -0.1) is 0 Å². The van der Waals surface area contributed by atoms with E-state index in [9.17, 15) is 9.59 Å². The Labute approximate surface area is 161 Å².